The van der Waals surface area contributed by atoms with Crippen LogP contribution >= 0.6 is 0 Å². The maximum absolute atomic E-state index is 4.49. The number of hydrogen-bond acceptors (Lipinski definition) is 2. The zero-order chi connectivity index (χ0) is 14.1. The number of rotatable bonds is 5. The summed E-state index contributed by atoms with van der Waals surface area (Å²) in [5.41, 5.74) is 6.71. The summed E-state index contributed by atoms with van der Waals surface area (Å²) >= 11 is 0. The number of nitrogens with one attached hydrogen (secondary N) is 1. The fraction of sp³-hybridized carbons (Fsp3) is 0.471. The maximum atomic E-state index is 4.49. The van der Waals surface area contributed by atoms with Crippen LogP contribution in [0.15, 0.2) is 24.5 Å². The minimum atomic E-state index is 0.750. The smallest absolute Gasteiger partial charge is 0.0664 e. The Morgan fingerprint density at radius 1 is 1.20 bits per heavy atom. The lowest BCUT2D eigenvalue weighted by molar-refractivity contribution is 0.671. The summed E-state index contributed by atoms with van der Waals surface area (Å²) in [6, 6.07) is 5.25. The van der Waals surface area contributed by atoms with Crippen molar-refractivity contribution in [2.75, 3.05) is 0 Å². The maximum Gasteiger partial charge on any atom is 0.0664 e. The van der Waals surface area contributed by atoms with Crippen molar-refractivity contribution < 1.29 is 0 Å². The lowest BCUT2D eigenvalue weighted by Gasteiger charge is -2.11. The molecule has 1 heterocycles. The van der Waals surface area contributed by atoms with Gasteiger partial charge >= 0.3 is 0 Å². The van der Waals surface area contributed by atoms with Crippen LogP contribution in [0.5, 0.6) is 0 Å². The van der Waals surface area contributed by atoms with Crippen molar-refractivity contribution >= 4 is 0 Å². The van der Waals surface area contributed by atoms with Crippen molar-refractivity contribution in [3.05, 3.63) is 52.3 Å². The second-order valence-electron chi connectivity index (χ2n) is 6.08. The molecule has 0 amide bonds. The third-order valence-corrected chi connectivity index (χ3v) is 4.02. The molecule has 20 heavy (non-hydrogen) atoms. The van der Waals surface area contributed by atoms with Crippen molar-refractivity contribution in [3.63, 3.8) is 0 Å². The summed E-state index contributed by atoms with van der Waals surface area (Å²) in [5, 5.41) is 8.02. The van der Waals surface area contributed by atoms with Crippen LogP contribution in [0.2, 0.25) is 0 Å². The van der Waals surface area contributed by atoms with E-state index < -0.39 is 0 Å². The van der Waals surface area contributed by atoms with E-state index in [1.54, 1.807) is 0 Å². The van der Waals surface area contributed by atoms with Gasteiger partial charge in [0.1, 0.15) is 0 Å². The van der Waals surface area contributed by atoms with Gasteiger partial charge in [-0.3, -0.25) is 4.68 Å². The average Bonchev–Trinajstić information content (AvgIpc) is 3.11. The van der Waals surface area contributed by atoms with Gasteiger partial charge in [0.2, 0.25) is 0 Å². The van der Waals surface area contributed by atoms with Crippen LogP contribution in [-0.2, 0) is 13.1 Å². The van der Waals surface area contributed by atoms with E-state index in [9.17, 15) is 0 Å². The molecule has 1 saturated carbocycles. The molecule has 106 valence electrons. The molecule has 0 saturated heterocycles. The molecule has 3 rings (SSSR count). The van der Waals surface area contributed by atoms with E-state index in [-0.39, 0.29) is 0 Å². The fourth-order valence-electron chi connectivity index (χ4n) is 2.76. The van der Waals surface area contributed by atoms with Gasteiger partial charge in [0.15, 0.2) is 0 Å². The van der Waals surface area contributed by atoms with E-state index >= 15 is 0 Å². The lowest BCUT2D eigenvalue weighted by Crippen LogP contribution is -2.14. The first-order valence-electron chi connectivity index (χ1n) is 7.43. The molecular weight excluding hydrogens is 246 g/mol. The van der Waals surface area contributed by atoms with E-state index in [0.717, 1.165) is 19.1 Å². The highest BCUT2D eigenvalue weighted by Gasteiger charge is 2.20. The third-order valence-electron chi connectivity index (χ3n) is 4.02. The first-order chi connectivity index (χ1) is 9.61. The topological polar surface area (TPSA) is 29.9 Å². The first kappa shape index (κ1) is 13.4. The molecule has 0 aliphatic heterocycles. The highest BCUT2D eigenvalue weighted by Crippen LogP contribution is 2.20. The van der Waals surface area contributed by atoms with Crippen LogP contribution in [0.1, 0.15) is 40.7 Å². The molecule has 2 aromatic rings. The van der Waals surface area contributed by atoms with E-state index in [2.05, 4.69) is 54.2 Å². The summed E-state index contributed by atoms with van der Waals surface area (Å²) in [6.07, 6.45) is 6.80. The fourth-order valence-corrected chi connectivity index (χ4v) is 2.76. The second-order valence-corrected chi connectivity index (χ2v) is 6.08. The van der Waals surface area contributed by atoms with Gasteiger partial charge in [0.25, 0.3) is 0 Å². The standard InChI is InChI=1S/C17H23N3/c1-12-6-13(2)17(14(3)7-12)11-20-10-15(9-19-20)8-18-16-4-5-16/h6-7,9-10,16,18H,4-5,8,11H2,1-3H3. The molecule has 1 aromatic heterocycles. The zero-order valence-electron chi connectivity index (χ0n) is 12.6. The van der Waals surface area contributed by atoms with E-state index in [1.165, 1.54) is 40.7 Å². The highest BCUT2D eigenvalue weighted by molar-refractivity contribution is 5.37. The minimum absolute atomic E-state index is 0.750. The van der Waals surface area contributed by atoms with Crippen LogP contribution in [0.25, 0.3) is 0 Å². The second kappa shape index (κ2) is 5.41. The number of aryl methyl sites for hydroxylation is 3. The molecule has 1 aliphatic carbocycles. The van der Waals surface area contributed by atoms with Gasteiger partial charge in [-0.1, -0.05) is 17.7 Å². The van der Waals surface area contributed by atoms with Crippen LogP contribution < -0.4 is 5.32 Å². The Labute approximate surface area is 121 Å². The summed E-state index contributed by atoms with van der Waals surface area (Å²) < 4.78 is 2.05. The minimum Gasteiger partial charge on any atom is -0.310 e. The molecule has 0 bridgehead atoms. The van der Waals surface area contributed by atoms with Crippen LogP contribution in [0.3, 0.4) is 0 Å². The Hall–Kier alpha value is -1.61. The molecular formula is C17H23N3. The largest absolute Gasteiger partial charge is 0.310 e. The van der Waals surface area contributed by atoms with Crippen molar-refractivity contribution in [2.45, 2.75) is 52.7 Å². The summed E-state index contributed by atoms with van der Waals surface area (Å²) in [5.74, 6) is 0. The summed E-state index contributed by atoms with van der Waals surface area (Å²) in [4.78, 5) is 0. The van der Waals surface area contributed by atoms with Crippen molar-refractivity contribution in [1.29, 1.82) is 0 Å². The SMILES string of the molecule is Cc1cc(C)c(Cn2cc(CNC3CC3)cn2)c(C)c1. The van der Waals surface area contributed by atoms with Gasteiger partial charge in [-0.05, 0) is 50.3 Å². The van der Waals surface area contributed by atoms with Crippen molar-refractivity contribution in [3.8, 4) is 0 Å². The number of aromatic nitrogens is 2. The molecule has 0 spiro atoms. The molecule has 0 radical (unpaired) electrons. The molecule has 3 heteroatoms. The normalized spacial score (nSPS) is 14.8. The Morgan fingerprint density at radius 3 is 2.55 bits per heavy atom. The van der Waals surface area contributed by atoms with E-state index in [0.29, 0.717) is 0 Å². The Morgan fingerprint density at radius 2 is 1.90 bits per heavy atom. The Kier molecular flexibility index (Phi) is 3.62. The molecule has 3 nitrogen and oxygen atoms in total. The lowest BCUT2D eigenvalue weighted by atomic mass is 10.00. The van der Waals surface area contributed by atoms with E-state index in [4.69, 9.17) is 0 Å². The van der Waals surface area contributed by atoms with Gasteiger partial charge in [0, 0.05) is 24.3 Å². The molecule has 1 aliphatic rings. The monoisotopic (exact) mass is 269 g/mol. The molecule has 0 atom stereocenters. The predicted octanol–water partition coefficient (Wildman–Crippen LogP) is 3.11. The average molecular weight is 269 g/mol. The van der Waals surface area contributed by atoms with Crippen molar-refractivity contribution in [2.24, 2.45) is 0 Å². The quantitative estimate of drug-likeness (QED) is 0.904. The van der Waals surface area contributed by atoms with Crippen LogP contribution in [0, 0.1) is 20.8 Å². The van der Waals surface area contributed by atoms with Gasteiger partial charge in [0.05, 0.1) is 12.7 Å². The Bertz CT molecular complexity index is 585. The van der Waals surface area contributed by atoms with Gasteiger partial charge in [-0.2, -0.15) is 5.10 Å². The van der Waals surface area contributed by atoms with Crippen molar-refractivity contribution in [1.82, 2.24) is 15.1 Å². The predicted molar refractivity (Wildman–Crippen MR) is 81.8 cm³/mol. The molecule has 1 aromatic carbocycles. The molecule has 0 unspecified atom stereocenters. The van der Waals surface area contributed by atoms with Gasteiger partial charge in [-0.25, -0.2) is 0 Å². The van der Waals surface area contributed by atoms with E-state index in [1.807, 2.05) is 6.20 Å². The van der Waals surface area contributed by atoms with Crippen LogP contribution in [-0.4, -0.2) is 15.8 Å². The molecule has 1 fully saturated rings. The van der Waals surface area contributed by atoms with Crippen LogP contribution in [0.4, 0.5) is 0 Å². The van der Waals surface area contributed by atoms with Gasteiger partial charge < -0.3 is 5.32 Å². The van der Waals surface area contributed by atoms with Gasteiger partial charge in [-0.15, -0.1) is 0 Å². The first-order valence-corrected chi connectivity index (χ1v) is 7.43. The zero-order valence-corrected chi connectivity index (χ0v) is 12.6. The number of hydrogen-bond donors (Lipinski definition) is 1. The highest BCUT2D eigenvalue weighted by atomic mass is 15.3. The third kappa shape index (κ3) is 3.10. The summed E-state index contributed by atoms with van der Waals surface area (Å²) in [6.45, 7) is 8.33. The summed E-state index contributed by atoms with van der Waals surface area (Å²) in [7, 11) is 0. The Balaban J connectivity index is 1.70. The number of benzene rings is 1. The number of nitrogens with zero attached hydrogens (tertiary/aromatic N) is 2. The molecule has 1 N–H and O–H groups in total.